The largest absolute Gasteiger partial charge is 0.395 e. The molecular formula is C6H16N2O2. The van der Waals surface area contributed by atoms with Crippen molar-refractivity contribution in [2.45, 2.75) is 18.6 Å². The standard InChI is InChI=1S/C6H16N2O2/c1-8-5(4-9)6(10)2-3-7/h5-6,8-10H,2-4,7H2,1H3. The first kappa shape index (κ1) is 9.84. The van der Waals surface area contributed by atoms with Crippen LogP contribution in [-0.2, 0) is 0 Å². The van der Waals surface area contributed by atoms with E-state index in [4.69, 9.17) is 10.8 Å². The van der Waals surface area contributed by atoms with Gasteiger partial charge in [-0.1, -0.05) is 0 Å². The first-order chi connectivity index (χ1) is 4.76. The summed E-state index contributed by atoms with van der Waals surface area (Å²) in [7, 11) is 1.70. The Labute approximate surface area is 61.0 Å². The number of hydrogen-bond donors (Lipinski definition) is 4. The summed E-state index contributed by atoms with van der Waals surface area (Å²) in [5.74, 6) is 0. The van der Waals surface area contributed by atoms with Crippen LogP contribution in [0.1, 0.15) is 6.42 Å². The monoisotopic (exact) mass is 148 g/mol. The quantitative estimate of drug-likeness (QED) is 0.374. The highest BCUT2D eigenvalue weighted by Gasteiger charge is 2.14. The van der Waals surface area contributed by atoms with E-state index < -0.39 is 6.10 Å². The zero-order valence-electron chi connectivity index (χ0n) is 6.25. The zero-order chi connectivity index (χ0) is 7.98. The number of hydrogen-bond acceptors (Lipinski definition) is 4. The Morgan fingerprint density at radius 2 is 2.20 bits per heavy atom. The molecule has 0 aromatic heterocycles. The van der Waals surface area contributed by atoms with Gasteiger partial charge in [-0.05, 0) is 20.0 Å². The van der Waals surface area contributed by atoms with E-state index in [-0.39, 0.29) is 12.6 Å². The third-order valence-electron chi connectivity index (χ3n) is 1.49. The molecule has 0 aliphatic heterocycles. The Morgan fingerprint density at radius 1 is 1.60 bits per heavy atom. The van der Waals surface area contributed by atoms with Crippen LogP contribution >= 0.6 is 0 Å². The van der Waals surface area contributed by atoms with Gasteiger partial charge in [-0.3, -0.25) is 0 Å². The average molecular weight is 148 g/mol. The first-order valence-electron chi connectivity index (χ1n) is 3.42. The summed E-state index contributed by atoms with van der Waals surface area (Å²) >= 11 is 0. The maximum absolute atomic E-state index is 9.21. The van der Waals surface area contributed by atoms with Crippen molar-refractivity contribution in [3.63, 3.8) is 0 Å². The minimum absolute atomic E-state index is 0.0579. The molecule has 4 heteroatoms. The molecule has 0 fully saturated rings. The zero-order valence-corrected chi connectivity index (χ0v) is 6.25. The van der Waals surface area contributed by atoms with Gasteiger partial charge >= 0.3 is 0 Å². The molecule has 0 bridgehead atoms. The lowest BCUT2D eigenvalue weighted by molar-refractivity contribution is 0.0891. The Hall–Kier alpha value is -0.160. The number of nitrogens with two attached hydrogens (primary N) is 1. The fourth-order valence-electron chi connectivity index (χ4n) is 0.777. The molecule has 0 aromatic carbocycles. The third kappa shape index (κ3) is 3.12. The second kappa shape index (κ2) is 5.61. The van der Waals surface area contributed by atoms with Crippen LogP contribution in [-0.4, -0.2) is 42.6 Å². The van der Waals surface area contributed by atoms with Crippen molar-refractivity contribution in [2.24, 2.45) is 5.73 Å². The summed E-state index contributed by atoms with van der Waals surface area (Å²) in [4.78, 5) is 0. The predicted octanol–water partition coefficient (Wildman–Crippen LogP) is -1.72. The second-order valence-corrected chi connectivity index (χ2v) is 2.22. The van der Waals surface area contributed by atoms with Crippen molar-refractivity contribution in [3.8, 4) is 0 Å². The van der Waals surface area contributed by atoms with E-state index in [9.17, 15) is 5.11 Å². The maximum atomic E-state index is 9.21. The molecule has 5 N–H and O–H groups in total. The van der Waals surface area contributed by atoms with E-state index >= 15 is 0 Å². The number of nitrogens with one attached hydrogen (secondary N) is 1. The Balaban J connectivity index is 3.53. The van der Waals surface area contributed by atoms with Crippen LogP contribution in [0.15, 0.2) is 0 Å². The lowest BCUT2D eigenvalue weighted by Crippen LogP contribution is -2.41. The van der Waals surface area contributed by atoms with Crippen molar-refractivity contribution >= 4 is 0 Å². The average Bonchev–Trinajstić information content (AvgIpc) is 1.91. The highest BCUT2D eigenvalue weighted by atomic mass is 16.3. The summed E-state index contributed by atoms with van der Waals surface area (Å²) < 4.78 is 0. The molecule has 0 aliphatic carbocycles. The van der Waals surface area contributed by atoms with Crippen molar-refractivity contribution in [2.75, 3.05) is 20.2 Å². The van der Waals surface area contributed by atoms with E-state index in [2.05, 4.69) is 5.32 Å². The highest BCUT2D eigenvalue weighted by molar-refractivity contribution is 4.72. The lowest BCUT2D eigenvalue weighted by atomic mass is 10.1. The molecule has 0 heterocycles. The number of aliphatic hydroxyl groups excluding tert-OH is 2. The van der Waals surface area contributed by atoms with Gasteiger partial charge in [0, 0.05) is 0 Å². The normalized spacial score (nSPS) is 16.8. The summed E-state index contributed by atoms with van der Waals surface area (Å²) in [6.07, 6.45) is -0.0218. The van der Waals surface area contributed by atoms with Crippen LogP contribution in [0.2, 0.25) is 0 Å². The van der Waals surface area contributed by atoms with E-state index in [1.165, 1.54) is 0 Å². The first-order valence-corrected chi connectivity index (χ1v) is 3.42. The molecule has 0 rings (SSSR count). The van der Waals surface area contributed by atoms with Crippen molar-refractivity contribution in [1.82, 2.24) is 5.32 Å². The minimum Gasteiger partial charge on any atom is -0.395 e. The van der Waals surface area contributed by atoms with Gasteiger partial charge in [0.1, 0.15) is 0 Å². The van der Waals surface area contributed by atoms with Crippen LogP contribution in [0, 0.1) is 0 Å². The number of likely N-dealkylation sites (N-methyl/N-ethyl adjacent to an activating group) is 1. The Kier molecular flexibility index (Phi) is 5.52. The number of rotatable bonds is 5. The van der Waals surface area contributed by atoms with Crippen LogP contribution in [0.3, 0.4) is 0 Å². The maximum Gasteiger partial charge on any atom is 0.0727 e. The molecule has 2 unspecified atom stereocenters. The summed E-state index contributed by atoms with van der Waals surface area (Å²) in [6, 6.07) is -0.247. The van der Waals surface area contributed by atoms with Crippen LogP contribution in [0.25, 0.3) is 0 Å². The fourth-order valence-corrected chi connectivity index (χ4v) is 0.777. The SMILES string of the molecule is CNC(CO)C(O)CCN. The Bertz CT molecular complexity index is 76.1. The highest BCUT2D eigenvalue weighted by Crippen LogP contribution is 1.95. The molecular weight excluding hydrogens is 132 g/mol. The molecule has 0 saturated carbocycles. The topological polar surface area (TPSA) is 78.5 Å². The third-order valence-corrected chi connectivity index (χ3v) is 1.49. The molecule has 0 saturated heterocycles. The Morgan fingerprint density at radius 3 is 2.50 bits per heavy atom. The van der Waals surface area contributed by atoms with Gasteiger partial charge in [-0.25, -0.2) is 0 Å². The molecule has 4 nitrogen and oxygen atoms in total. The lowest BCUT2D eigenvalue weighted by Gasteiger charge is -2.18. The van der Waals surface area contributed by atoms with Crippen molar-refractivity contribution in [1.29, 1.82) is 0 Å². The molecule has 0 radical (unpaired) electrons. The molecule has 0 aliphatic rings. The van der Waals surface area contributed by atoms with Crippen LogP contribution in [0.4, 0.5) is 0 Å². The molecule has 2 atom stereocenters. The van der Waals surface area contributed by atoms with Crippen LogP contribution < -0.4 is 11.1 Å². The molecule has 62 valence electrons. The predicted molar refractivity (Wildman–Crippen MR) is 39.6 cm³/mol. The molecule has 0 spiro atoms. The summed E-state index contributed by atoms with van der Waals surface area (Å²) in [6.45, 7) is 0.386. The van der Waals surface area contributed by atoms with Gasteiger partial charge in [-0.15, -0.1) is 0 Å². The van der Waals surface area contributed by atoms with E-state index in [0.29, 0.717) is 13.0 Å². The van der Waals surface area contributed by atoms with Crippen LogP contribution in [0.5, 0.6) is 0 Å². The van der Waals surface area contributed by atoms with Gasteiger partial charge in [0.05, 0.1) is 18.8 Å². The minimum atomic E-state index is -0.542. The van der Waals surface area contributed by atoms with E-state index in [0.717, 1.165) is 0 Å². The summed E-state index contributed by atoms with van der Waals surface area (Å²) in [5, 5.41) is 20.6. The van der Waals surface area contributed by atoms with Crippen molar-refractivity contribution in [3.05, 3.63) is 0 Å². The van der Waals surface area contributed by atoms with E-state index in [1.807, 2.05) is 0 Å². The smallest absolute Gasteiger partial charge is 0.0727 e. The van der Waals surface area contributed by atoms with Crippen molar-refractivity contribution < 1.29 is 10.2 Å². The van der Waals surface area contributed by atoms with Gasteiger partial charge in [-0.2, -0.15) is 0 Å². The molecule has 0 amide bonds. The van der Waals surface area contributed by atoms with E-state index in [1.54, 1.807) is 7.05 Å². The van der Waals surface area contributed by atoms with Gasteiger partial charge in [0.25, 0.3) is 0 Å². The van der Waals surface area contributed by atoms with Gasteiger partial charge in [0.2, 0.25) is 0 Å². The second-order valence-electron chi connectivity index (χ2n) is 2.22. The van der Waals surface area contributed by atoms with Gasteiger partial charge < -0.3 is 21.3 Å². The summed E-state index contributed by atoms with van der Waals surface area (Å²) in [5.41, 5.74) is 5.21. The fraction of sp³-hybridized carbons (Fsp3) is 1.00. The van der Waals surface area contributed by atoms with Gasteiger partial charge in [0.15, 0.2) is 0 Å². The molecule has 10 heavy (non-hydrogen) atoms. The molecule has 0 aromatic rings. The number of aliphatic hydroxyl groups is 2.